The summed E-state index contributed by atoms with van der Waals surface area (Å²) in [6.07, 6.45) is -0.0214. The van der Waals surface area contributed by atoms with E-state index in [-0.39, 0.29) is 35.9 Å². The Hall–Kier alpha value is -2.57. The Balaban J connectivity index is 2.49. The summed E-state index contributed by atoms with van der Waals surface area (Å²) in [7, 11) is 1.39. The summed E-state index contributed by atoms with van der Waals surface area (Å²) in [5.41, 5.74) is 5.31. The van der Waals surface area contributed by atoms with Crippen molar-refractivity contribution in [3.63, 3.8) is 0 Å². The first-order chi connectivity index (χ1) is 9.45. The van der Waals surface area contributed by atoms with E-state index < -0.39 is 17.8 Å². The first-order valence-corrected chi connectivity index (χ1v) is 5.95. The number of carbonyl (C=O) groups is 3. The summed E-state index contributed by atoms with van der Waals surface area (Å²) in [6.45, 7) is 0.0643. The van der Waals surface area contributed by atoms with E-state index in [4.69, 9.17) is 10.5 Å². The molecular formula is C13H14N2O5. The zero-order chi connectivity index (χ0) is 14.9. The van der Waals surface area contributed by atoms with Crippen LogP contribution >= 0.6 is 0 Å². The summed E-state index contributed by atoms with van der Waals surface area (Å²) in [6, 6.07) is 4.47. The maximum absolute atomic E-state index is 12.0. The number of primary amides is 1. The number of ether oxygens (including phenoxy) is 1. The van der Waals surface area contributed by atoms with Crippen molar-refractivity contribution in [1.29, 1.82) is 0 Å². The van der Waals surface area contributed by atoms with Crippen molar-refractivity contribution in [1.82, 2.24) is 0 Å². The maximum atomic E-state index is 12.0. The molecule has 2 amide bonds. The molecule has 1 aromatic carbocycles. The van der Waals surface area contributed by atoms with E-state index in [0.29, 0.717) is 0 Å². The average Bonchev–Trinajstić information content (AvgIpc) is 2.79. The Bertz CT molecular complexity index is 584. The van der Waals surface area contributed by atoms with Crippen molar-refractivity contribution in [2.24, 2.45) is 11.7 Å². The first kappa shape index (κ1) is 13.9. The number of amides is 2. The fraction of sp³-hybridized carbons (Fsp3) is 0.308. The fourth-order valence-corrected chi connectivity index (χ4v) is 2.25. The van der Waals surface area contributed by atoms with E-state index in [1.807, 2.05) is 0 Å². The van der Waals surface area contributed by atoms with Crippen LogP contribution in [0.4, 0.5) is 5.69 Å². The zero-order valence-electron chi connectivity index (χ0n) is 10.8. The molecule has 0 aromatic heterocycles. The van der Waals surface area contributed by atoms with Crippen LogP contribution in [-0.4, -0.2) is 36.5 Å². The van der Waals surface area contributed by atoms with Gasteiger partial charge in [0.2, 0.25) is 11.8 Å². The molecule has 1 fully saturated rings. The van der Waals surface area contributed by atoms with Crippen molar-refractivity contribution in [3.8, 4) is 5.75 Å². The topological polar surface area (TPSA) is 110 Å². The van der Waals surface area contributed by atoms with Crippen LogP contribution in [0.1, 0.15) is 16.8 Å². The predicted octanol–water partition coefficient (Wildman–Crippen LogP) is 0.232. The molecule has 0 aliphatic carbocycles. The van der Waals surface area contributed by atoms with Crippen molar-refractivity contribution < 1.29 is 24.2 Å². The van der Waals surface area contributed by atoms with Gasteiger partial charge in [-0.15, -0.1) is 0 Å². The molecule has 1 saturated heterocycles. The SMILES string of the molecule is COc1cccc(C(=O)O)c1N1CC(C(N)=O)CC1=O. The third kappa shape index (κ3) is 2.29. The lowest BCUT2D eigenvalue weighted by atomic mass is 10.1. The quantitative estimate of drug-likeness (QED) is 0.819. The molecule has 1 aliphatic rings. The number of anilines is 1. The standard InChI is InChI=1S/C13H14N2O5/c1-20-9-4-2-3-8(13(18)19)11(9)15-6-7(12(14)17)5-10(15)16/h2-4,7H,5-6H2,1H3,(H2,14,17)(H,18,19). The van der Waals surface area contributed by atoms with Crippen LogP contribution in [0.3, 0.4) is 0 Å². The van der Waals surface area contributed by atoms with Crippen LogP contribution in [-0.2, 0) is 9.59 Å². The number of para-hydroxylation sites is 1. The van der Waals surface area contributed by atoms with E-state index in [1.165, 1.54) is 24.1 Å². The third-order valence-electron chi connectivity index (χ3n) is 3.25. The van der Waals surface area contributed by atoms with Gasteiger partial charge in [0.15, 0.2) is 0 Å². The minimum atomic E-state index is -1.17. The highest BCUT2D eigenvalue weighted by atomic mass is 16.5. The molecule has 3 N–H and O–H groups in total. The lowest BCUT2D eigenvalue weighted by Crippen LogP contribution is -2.29. The lowest BCUT2D eigenvalue weighted by Gasteiger charge is -2.21. The number of aromatic carboxylic acids is 1. The molecule has 106 valence electrons. The van der Waals surface area contributed by atoms with Crippen molar-refractivity contribution >= 4 is 23.5 Å². The number of methoxy groups -OCH3 is 1. The lowest BCUT2D eigenvalue weighted by molar-refractivity contribution is -0.123. The molecule has 1 unspecified atom stereocenters. The summed E-state index contributed by atoms with van der Waals surface area (Å²) in [5, 5.41) is 9.22. The highest BCUT2D eigenvalue weighted by molar-refractivity contribution is 6.06. The Morgan fingerprint density at radius 1 is 1.45 bits per heavy atom. The first-order valence-electron chi connectivity index (χ1n) is 5.95. The van der Waals surface area contributed by atoms with E-state index in [2.05, 4.69) is 0 Å². The van der Waals surface area contributed by atoms with Gasteiger partial charge in [-0.2, -0.15) is 0 Å². The summed E-state index contributed by atoms with van der Waals surface area (Å²) in [5.74, 6) is -2.44. The van der Waals surface area contributed by atoms with Gasteiger partial charge in [0, 0.05) is 13.0 Å². The van der Waals surface area contributed by atoms with Gasteiger partial charge in [-0.1, -0.05) is 6.07 Å². The molecule has 20 heavy (non-hydrogen) atoms. The van der Waals surface area contributed by atoms with E-state index >= 15 is 0 Å². The molecule has 0 spiro atoms. The number of nitrogens with two attached hydrogens (primary N) is 1. The molecule has 0 radical (unpaired) electrons. The Morgan fingerprint density at radius 2 is 2.15 bits per heavy atom. The monoisotopic (exact) mass is 278 g/mol. The number of benzene rings is 1. The smallest absolute Gasteiger partial charge is 0.337 e. The minimum absolute atomic E-state index is 0.0214. The Morgan fingerprint density at radius 3 is 2.65 bits per heavy atom. The highest BCUT2D eigenvalue weighted by Crippen LogP contribution is 2.36. The van der Waals surface area contributed by atoms with Crippen molar-refractivity contribution in [2.75, 3.05) is 18.6 Å². The molecule has 0 bridgehead atoms. The van der Waals surface area contributed by atoms with Gasteiger partial charge in [-0.3, -0.25) is 9.59 Å². The van der Waals surface area contributed by atoms with Crippen LogP contribution < -0.4 is 15.4 Å². The van der Waals surface area contributed by atoms with Crippen LogP contribution in [0.2, 0.25) is 0 Å². The zero-order valence-corrected chi connectivity index (χ0v) is 10.8. The molecule has 1 aromatic rings. The van der Waals surface area contributed by atoms with Gasteiger partial charge >= 0.3 is 5.97 Å². The third-order valence-corrected chi connectivity index (χ3v) is 3.25. The minimum Gasteiger partial charge on any atom is -0.495 e. The molecule has 7 heteroatoms. The van der Waals surface area contributed by atoms with E-state index in [0.717, 1.165) is 0 Å². The molecule has 1 aliphatic heterocycles. The largest absolute Gasteiger partial charge is 0.495 e. The van der Waals surface area contributed by atoms with Gasteiger partial charge in [-0.05, 0) is 12.1 Å². The van der Waals surface area contributed by atoms with Gasteiger partial charge in [0.25, 0.3) is 0 Å². The predicted molar refractivity (Wildman–Crippen MR) is 69.6 cm³/mol. The van der Waals surface area contributed by atoms with E-state index in [1.54, 1.807) is 6.07 Å². The van der Waals surface area contributed by atoms with Gasteiger partial charge in [0.1, 0.15) is 11.4 Å². The Labute approximate surface area is 114 Å². The van der Waals surface area contributed by atoms with Gasteiger partial charge < -0.3 is 20.5 Å². The summed E-state index contributed by atoms with van der Waals surface area (Å²) >= 11 is 0. The molecular weight excluding hydrogens is 264 g/mol. The molecule has 1 atom stereocenters. The van der Waals surface area contributed by atoms with Gasteiger partial charge in [0.05, 0.1) is 18.6 Å². The molecule has 2 rings (SSSR count). The Kier molecular flexibility index (Phi) is 3.60. The van der Waals surface area contributed by atoms with Crippen molar-refractivity contribution in [2.45, 2.75) is 6.42 Å². The van der Waals surface area contributed by atoms with Crippen molar-refractivity contribution in [3.05, 3.63) is 23.8 Å². The normalized spacial score (nSPS) is 18.1. The number of rotatable bonds is 4. The second-order valence-corrected chi connectivity index (χ2v) is 4.47. The second-order valence-electron chi connectivity index (χ2n) is 4.47. The molecule has 1 heterocycles. The number of hydrogen-bond donors (Lipinski definition) is 2. The summed E-state index contributed by atoms with van der Waals surface area (Å²) < 4.78 is 5.12. The number of carboxylic acids is 1. The van der Waals surface area contributed by atoms with Crippen LogP contribution in [0, 0.1) is 5.92 Å². The van der Waals surface area contributed by atoms with Crippen LogP contribution in [0.5, 0.6) is 5.75 Å². The van der Waals surface area contributed by atoms with Gasteiger partial charge in [-0.25, -0.2) is 4.79 Å². The maximum Gasteiger partial charge on any atom is 0.337 e. The fourth-order valence-electron chi connectivity index (χ4n) is 2.25. The average molecular weight is 278 g/mol. The summed E-state index contributed by atoms with van der Waals surface area (Å²) in [4.78, 5) is 35.7. The highest BCUT2D eigenvalue weighted by Gasteiger charge is 2.37. The van der Waals surface area contributed by atoms with Crippen LogP contribution in [0.15, 0.2) is 18.2 Å². The second kappa shape index (κ2) is 5.20. The number of hydrogen-bond acceptors (Lipinski definition) is 4. The molecule has 7 nitrogen and oxygen atoms in total. The van der Waals surface area contributed by atoms with E-state index in [9.17, 15) is 19.5 Å². The number of carbonyl (C=O) groups excluding carboxylic acids is 2. The molecule has 0 saturated carbocycles. The van der Waals surface area contributed by atoms with Crippen LogP contribution in [0.25, 0.3) is 0 Å². The number of nitrogens with zero attached hydrogens (tertiary/aromatic N) is 1. The number of carboxylic acid groups (broad SMARTS) is 1.